The normalized spacial score (nSPS) is 17.6. The molecule has 0 saturated carbocycles. The van der Waals surface area contributed by atoms with E-state index in [2.05, 4.69) is 159 Å². The SMILES string of the molecule is C=CC=C.CC1=C(C)[CH]([Ti]([CH3])([CH3])[NH]C(C)(C)C)c2ccccc21.CC1=C(C)[CH]([Ti]([CH3])([CH3])[NH]C(C)(C)C)c2ccccc21.[SiH4].[SiH4]. The zero-order chi connectivity index (χ0) is 32.3. The second kappa shape index (κ2) is 16.8. The van der Waals surface area contributed by atoms with E-state index < -0.39 is 33.7 Å². The third-order valence-electron chi connectivity index (χ3n) is 8.41. The molecule has 2 aliphatic rings. The van der Waals surface area contributed by atoms with Gasteiger partial charge in [-0.3, -0.25) is 0 Å². The van der Waals surface area contributed by atoms with Gasteiger partial charge in [0, 0.05) is 0 Å². The molecule has 4 rings (SSSR count). The van der Waals surface area contributed by atoms with Gasteiger partial charge in [-0.25, -0.2) is 0 Å². The smallest absolute Gasteiger partial charge is 0.0149 e. The van der Waals surface area contributed by atoms with E-state index in [1.165, 1.54) is 22.3 Å². The molecule has 0 saturated heterocycles. The van der Waals surface area contributed by atoms with E-state index in [1.807, 2.05) is 0 Å². The Morgan fingerprint density at radius 3 is 1.09 bits per heavy atom. The number of benzene rings is 2. The summed E-state index contributed by atoms with van der Waals surface area (Å²) in [6, 6.07) is 17.9. The van der Waals surface area contributed by atoms with Crippen LogP contribution in [0.15, 0.2) is 85.0 Å². The summed E-state index contributed by atoms with van der Waals surface area (Å²) in [5.74, 6) is 0. The van der Waals surface area contributed by atoms with Crippen molar-refractivity contribution in [1.29, 1.82) is 0 Å². The summed E-state index contributed by atoms with van der Waals surface area (Å²) < 4.78 is 9.26. The minimum atomic E-state index is -2.14. The van der Waals surface area contributed by atoms with Crippen molar-refractivity contribution in [3.8, 4) is 0 Å². The first-order chi connectivity index (χ1) is 19.2. The Morgan fingerprint density at radius 2 is 0.841 bits per heavy atom. The Morgan fingerprint density at radius 1 is 0.568 bits per heavy atom. The quantitative estimate of drug-likeness (QED) is 0.241. The first-order valence-corrected chi connectivity index (χ1v) is 25.1. The van der Waals surface area contributed by atoms with Crippen molar-refractivity contribution in [1.82, 2.24) is 7.60 Å². The summed E-state index contributed by atoms with van der Waals surface area (Å²) in [5.41, 5.74) is 12.6. The van der Waals surface area contributed by atoms with E-state index >= 15 is 0 Å². The van der Waals surface area contributed by atoms with Crippen LogP contribution in [-0.4, -0.2) is 33.0 Å². The van der Waals surface area contributed by atoms with Crippen LogP contribution < -0.4 is 7.60 Å². The van der Waals surface area contributed by atoms with Gasteiger partial charge in [0.1, 0.15) is 0 Å². The third-order valence-corrected chi connectivity index (χ3v) is 19.6. The summed E-state index contributed by atoms with van der Waals surface area (Å²) in [6.45, 7) is 29.7. The third kappa shape index (κ3) is 10.9. The van der Waals surface area contributed by atoms with E-state index in [9.17, 15) is 0 Å². The van der Waals surface area contributed by atoms with Crippen molar-refractivity contribution >= 4 is 33.1 Å². The molecule has 0 heterocycles. The fraction of sp³-hybridized carbons (Fsp3) is 0.474. The largest absolute Gasteiger partial charge is 0.0149 e. The van der Waals surface area contributed by atoms with Gasteiger partial charge in [0.2, 0.25) is 0 Å². The van der Waals surface area contributed by atoms with Crippen molar-refractivity contribution < 1.29 is 33.7 Å². The van der Waals surface area contributed by atoms with Crippen molar-refractivity contribution in [2.45, 2.75) is 110 Å². The topological polar surface area (TPSA) is 24.1 Å². The number of rotatable bonds is 5. The number of allylic oxidation sites excluding steroid dienone is 6. The van der Waals surface area contributed by atoms with Crippen molar-refractivity contribution in [2.24, 2.45) is 0 Å². The van der Waals surface area contributed by atoms with Gasteiger partial charge in [0.05, 0.1) is 0 Å². The zero-order valence-corrected chi connectivity index (χ0v) is 32.5. The molecule has 0 bridgehead atoms. The Kier molecular flexibility index (Phi) is 16.5. The Hall–Kier alpha value is -0.818. The second-order valence-electron chi connectivity index (χ2n) is 15.3. The average molecular weight is 705 g/mol. The molecular weight excluding hydrogens is 636 g/mol. The minimum absolute atomic E-state index is 0. The maximum atomic E-state index is 3.98. The minimum Gasteiger partial charge on any atom is -0.0149 e. The van der Waals surface area contributed by atoms with E-state index in [0.29, 0.717) is 8.45 Å². The van der Waals surface area contributed by atoms with E-state index in [0.717, 1.165) is 0 Å². The second-order valence-corrected chi connectivity index (χ2v) is 28.7. The van der Waals surface area contributed by atoms with E-state index in [4.69, 9.17) is 0 Å². The Labute approximate surface area is 289 Å². The van der Waals surface area contributed by atoms with Crippen molar-refractivity contribution in [2.75, 3.05) is 0 Å². The van der Waals surface area contributed by atoms with Gasteiger partial charge in [-0.2, -0.15) is 0 Å². The molecule has 0 aliphatic heterocycles. The first kappa shape index (κ1) is 43.2. The van der Waals surface area contributed by atoms with E-state index in [-0.39, 0.29) is 33.0 Å². The first-order valence-electron chi connectivity index (χ1n) is 15.5. The van der Waals surface area contributed by atoms with Crippen molar-refractivity contribution in [3.63, 3.8) is 0 Å². The molecular formula is C38H68N2Si2Ti2. The zero-order valence-electron chi connectivity index (χ0n) is 29.3. The number of hydrogen-bond donors (Lipinski definition) is 2. The van der Waals surface area contributed by atoms with Crippen LogP contribution >= 0.6 is 0 Å². The van der Waals surface area contributed by atoms with Crippen LogP contribution in [0.1, 0.15) is 99.9 Å². The summed E-state index contributed by atoms with van der Waals surface area (Å²) >= 11 is -4.27. The van der Waals surface area contributed by atoms with Gasteiger partial charge < -0.3 is 0 Å². The van der Waals surface area contributed by atoms with Gasteiger partial charge in [0.15, 0.2) is 0 Å². The number of hydrogen-bond acceptors (Lipinski definition) is 2. The van der Waals surface area contributed by atoms with Crippen molar-refractivity contribution in [3.05, 3.63) is 107 Å². The standard InChI is InChI=1S/2C11H11.2C4H10N.C4H6.4CH3.2H4Si.2Ti/c2*1-8-7-10-5-3-4-6-11(10)9(8)2;2*1-4(2,3)5;1-3-4-2;;;;;;;;/h2*3-7H,1-2H3;2*5H,1-3H3;3-4H,1-2H2;4*1H3;2*1H4;;/q;;2*-1;;;;;;;;2*+1. The molecule has 2 atom stereocenters. The van der Waals surface area contributed by atoms with Crippen LogP contribution in [-0.2, 0) is 33.7 Å². The van der Waals surface area contributed by atoms with Gasteiger partial charge in [-0.05, 0) is 21.9 Å². The summed E-state index contributed by atoms with van der Waals surface area (Å²) in [4.78, 5) is 0. The van der Waals surface area contributed by atoms with Crippen LogP contribution in [0.3, 0.4) is 0 Å². The van der Waals surface area contributed by atoms with Gasteiger partial charge in [-0.15, -0.1) is 0 Å². The summed E-state index contributed by atoms with van der Waals surface area (Å²) in [6.07, 6.45) is 3.28. The predicted molar refractivity (Wildman–Crippen MR) is 207 cm³/mol. The molecule has 2 aromatic carbocycles. The fourth-order valence-corrected chi connectivity index (χ4v) is 21.2. The predicted octanol–water partition coefficient (Wildman–Crippen LogP) is 8.63. The fourth-order valence-electron chi connectivity index (χ4n) is 7.44. The molecule has 44 heavy (non-hydrogen) atoms. The number of fused-ring (bicyclic) bond motifs is 2. The molecule has 0 amide bonds. The molecule has 2 aliphatic carbocycles. The molecule has 0 aromatic heterocycles. The van der Waals surface area contributed by atoms with E-state index in [1.54, 1.807) is 34.4 Å². The van der Waals surface area contributed by atoms with Crippen LogP contribution in [0.5, 0.6) is 0 Å². The monoisotopic (exact) mass is 704 g/mol. The van der Waals surface area contributed by atoms with Gasteiger partial charge in [-0.1, -0.05) is 25.3 Å². The van der Waals surface area contributed by atoms with Gasteiger partial charge in [0.25, 0.3) is 0 Å². The molecule has 6 heteroatoms. The number of nitrogens with one attached hydrogen (secondary N) is 2. The van der Waals surface area contributed by atoms with Crippen LogP contribution in [0.25, 0.3) is 11.1 Å². The van der Waals surface area contributed by atoms with Gasteiger partial charge >= 0.3 is 244 Å². The Bertz CT molecular complexity index is 1240. The molecule has 2 N–H and O–H groups in total. The molecule has 0 spiro atoms. The Balaban J connectivity index is 0.000000720. The molecule has 2 nitrogen and oxygen atoms in total. The molecule has 0 fully saturated rings. The molecule has 2 unspecified atom stereocenters. The molecule has 2 aromatic rings. The summed E-state index contributed by atoms with van der Waals surface area (Å²) in [7, 11) is 0. The maximum Gasteiger partial charge on any atom is -0.0149 e. The maximum absolute atomic E-state index is 3.98. The van der Waals surface area contributed by atoms with Crippen LogP contribution in [0.4, 0.5) is 0 Å². The van der Waals surface area contributed by atoms with Crippen LogP contribution in [0.2, 0.25) is 20.9 Å². The molecule has 0 radical (unpaired) electrons. The molecule has 246 valence electrons. The summed E-state index contributed by atoms with van der Waals surface area (Å²) in [5, 5.41) is 10.0. The van der Waals surface area contributed by atoms with Crippen LogP contribution in [0, 0.1) is 0 Å². The average Bonchev–Trinajstić information content (AvgIpc) is 3.27.